The Bertz CT molecular complexity index is 1960. The summed E-state index contributed by atoms with van der Waals surface area (Å²) in [5.74, 6) is 0.971. The first-order valence-electron chi connectivity index (χ1n) is 41.8. The average Bonchev–Trinajstić information content (AvgIpc) is 0.915. The van der Waals surface area contributed by atoms with Crippen LogP contribution in [-0.4, -0.2) is 96.7 Å². The maximum Gasteiger partial charge on any atom is 0.472 e. The Morgan fingerprint density at radius 3 is 0.710 bits per heavy atom. The van der Waals surface area contributed by atoms with Crippen LogP contribution in [0.1, 0.15) is 415 Å². The topological polar surface area (TPSA) is 237 Å². The lowest BCUT2D eigenvalue weighted by Gasteiger charge is -2.21. The quantitative estimate of drug-likeness (QED) is 0.0222. The highest BCUT2D eigenvalue weighted by molar-refractivity contribution is 7.47. The van der Waals surface area contributed by atoms with Crippen molar-refractivity contribution in [1.82, 2.24) is 0 Å². The number of hydrogen-bond donors (Lipinski definition) is 3. The molecule has 0 rings (SSSR count). The first-order valence-corrected chi connectivity index (χ1v) is 44.8. The zero-order chi connectivity index (χ0) is 73.8. The number of hydrogen-bond acceptors (Lipinski definition) is 15. The van der Waals surface area contributed by atoms with Crippen LogP contribution in [-0.2, 0) is 65.4 Å². The molecule has 0 heterocycles. The molecule has 0 aliphatic heterocycles. The van der Waals surface area contributed by atoms with Crippen LogP contribution in [0.4, 0.5) is 0 Å². The molecule has 0 saturated carbocycles. The van der Waals surface area contributed by atoms with Gasteiger partial charge in [0, 0.05) is 25.7 Å². The van der Waals surface area contributed by atoms with Crippen LogP contribution in [0.25, 0.3) is 0 Å². The van der Waals surface area contributed by atoms with Gasteiger partial charge in [0.2, 0.25) is 0 Å². The number of aliphatic hydroxyl groups is 1. The molecule has 0 aliphatic carbocycles. The van der Waals surface area contributed by atoms with Gasteiger partial charge in [-0.05, 0) is 49.4 Å². The van der Waals surface area contributed by atoms with Crippen LogP contribution in [0.5, 0.6) is 0 Å². The minimum absolute atomic E-state index is 0.107. The van der Waals surface area contributed by atoms with Crippen LogP contribution in [0.2, 0.25) is 0 Å². The Morgan fingerprint density at radius 1 is 0.280 bits per heavy atom. The molecule has 19 heteroatoms. The van der Waals surface area contributed by atoms with E-state index in [9.17, 15) is 43.2 Å². The van der Waals surface area contributed by atoms with Gasteiger partial charge >= 0.3 is 39.5 Å². The predicted octanol–water partition coefficient (Wildman–Crippen LogP) is 24.0. The molecule has 0 aromatic carbocycles. The minimum Gasteiger partial charge on any atom is -0.462 e. The maximum atomic E-state index is 13.1. The van der Waals surface area contributed by atoms with Gasteiger partial charge in [0.05, 0.1) is 26.4 Å². The Labute approximate surface area is 613 Å². The Kier molecular flexibility index (Phi) is 68.7. The van der Waals surface area contributed by atoms with Gasteiger partial charge in [-0.25, -0.2) is 9.13 Å². The molecular weight excluding hydrogens is 1310 g/mol. The van der Waals surface area contributed by atoms with Crippen LogP contribution < -0.4 is 0 Å². The van der Waals surface area contributed by atoms with Gasteiger partial charge in [-0.3, -0.25) is 37.3 Å². The number of carbonyl (C=O) groups is 4. The number of phosphoric acid groups is 2. The van der Waals surface area contributed by atoms with Crippen molar-refractivity contribution >= 4 is 39.5 Å². The number of unbranched alkanes of at least 4 members (excludes halogenated alkanes) is 42. The van der Waals surface area contributed by atoms with E-state index in [1.807, 2.05) is 0 Å². The van der Waals surface area contributed by atoms with E-state index in [0.717, 1.165) is 120 Å². The molecule has 0 fully saturated rings. The van der Waals surface area contributed by atoms with Crippen molar-refractivity contribution in [2.45, 2.75) is 433 Å². The van der Waals surface area contributed by atoms with Crippen LogP contribution in [0, 0.1) is 23.7 Å². The molecule has 7 atom stereocenters. The highest BCUT2D eigenvalue weighted by Gasteiger charge is 2.30. The number of rotatable bonds is 78. The molecule has 0 radical (unpaired) electrons. The van der Waals surface area contributed by atoms with Crippen molar-refractivity contribution in [1.29, 1.82) is 0 Å². The summed E-state index contributed by atoms with van der Waals surface area (Å²) in [6, 6.07) is 0. The number of esters is 4. The second kappa shape index (κ2) is 70.1. The molecule has 594 valence electrons. The lowest BCUT2D eigenvalue weighted by molar-refractivity contribution is -0.161. The van der Waals surface area contributed by atoms with Crippen molar-refractivity contribution in [3.05, 3.63) is 0 Å². The predicted molar refractivity (Wildman–Crippen MR) is 409 cm³/mol. The molecule has 17 nitrogen and oxygen atoms in total. The van der Waals surface area contributed by atoms with Gasteiger partial charge in [-0.2, -0.15) is 0 Å². The SMILES string of the molecule is CCC(C)CCCCCCCCCCCCCCCCCCCCC(=O)O[C@H](COC(=O)CCCCCCCCC(C)C)COP(=O)(O)OC[C@@H](O)COP(=O)(O)OC[C@@H](COC(=O)CCCCCCCCC(C)CC)OC(=O)CCCCCCCCCCCCCCCCCCC(C)C. The third-order valence-electron chi connectivity index (χ3n) is 19.5. The fraction of sp³-hybridized carbons (Fsp3) is 0.951. The molecule has 0 amide bonds. The van der Waals surface area contributed by atoms with Crippen molar-refractivity contribution in [2.75, 3.05) is 39.6 Å². The second-order valence-electron chi connectivity index (χ2n) is 30.6. The number of ether oxygens (including phenoxy) is 4. The van der Waals surface area contributed by atoms with Gasteiger partial charge in [0.1, 0.15) is 19.3 Å². The summed E-state index contributed by atoms with van der Waals surface area (Å²) in [5.41, 5.74) is 0. The molecular formula is C81H158O17P2. The molecule has 0 bridgehead atoms. The first-order chi connectivity index (χ1) is 48.2. The van der Waals surface area contributed by atoms with Crippen molar-refractivity contribution in [3.8, 4) is 0 Å². The van der Waals surface area contributed by atoms with E-state index in [0.29, 0.717) is 31.6 Å². The second-order valence-corrected chi connectivity index (χ2v) is 33.5. The number of aliphatic hydroxyl groups excluding tert-OH is 1. The summed E-state index contributed by atoms with van der Waals surface area (Å²) in [4.78, 5) is 72.9. The van der Waals surface area contributed by atoms with Gasteiger partial charge < -0.3 is 33.8 Å². The van der Waals surface area contributed by atoms with Crippen LogP contribution >= 0.6 is 15.6 Å². The molecule has 0 aliphatic rings. The Hall–Kier alpha value is -1.94. The summed E-state index contributed by atoms with van der Waals surface area (Å²) in [5, 5.41) is 10.6. The summed E-state index contributed by atoms with van der Waals surface area (Å²) < 4.78 is 68.6. The van der Waals surface area contributed by atoms with Gasteiger partial charge in [-0.1, -0.05) is 364 Å². The van der Waals surface area contributed by atoms with Crippen molar-refractivity contribution in [3.63, 3.8) is 0 Å². The van der Waals surface area contributed by atoms with E-state index in [-0.39, 0.29) is 25.7 Å². The lowest BCUT2D eigenvalue weighted by Crippen LogP contribution is -2.30. The number of phosphoric ester groups is 2. The molecule has 3 N–H and O–H groups in total. The third kappa shape index (κ3) is 71.7. The zero-order valence-electron chi connectivity index (χ0n) is 65.8. The number of carbonyl (C=O) groups excluding carboxylic acids is 4. The van der Waals surface area contributed by atoms with E-state index in [2.05, 4.69) is 55.4 Å². The van der Waals surface area contributed by atoms with E-state index >= 15 is 0 Å². The van der Waals surface area contributed by atoms with E-state index in [1.54, 1.807) is 0 Å². The standard InChI is InChI=1S/C81H158O17P2/c1-9-73(7)59-51-43-34-30-26-22-18-13-11-12-14-19-23-27-31-35-47-55-63-80(85)97-76(67-91-78(83)61-53-45-39-37-42-50-58-72(5)6)69-95-99(87,88)93-65-75(82)66-94-100(89,90)96-70-77(68-92-79(84)62-54-46-40-38-44-52-60-74(8)10-2)98-81(86)64-56-48-36-32-28-24-20-16-15-17-21-25-29-33-41-49-57-71(3)4/h71-77,82H,9-70H2,1-8H3,(H,87,88)(H,89,90)/t73?,74?,75-,76-,77-/m1/s1. The molecule has 0 spiro atoms. The summed E-state index contributed by atoms with van der Waals surface area (Å²) in [7, 11) is -9.92. The summed E-state index contributed by atoms with van der Waals surface area (Å²) >= 11 is 0. The molecule has 0 aromatic rings. The fourth-order valence-corrected chi connectivity index (χ4v) is 13.9. The lowest BCUT2D eigenvalue weighted by atomic mass is 9.99. The average molecular weight is 1470 g/mol. The van der Waals surface area contributed by atoms with Crippen LogP contribution in [0.15, 0.2) is 0 Å². The summed E-state index contributed by atoms with van der Waals surface area (Å²) in [6.07, 6.45) is 57.2. The van der Waals surface area contributed by atoms with E-state index < -0.39 is 97.5 Å². The molecule has 100 heavy (non-hydrogen) atoms. The monoisotopic (exact) mass is 1470 g/mol. The normalized spacial score (nSPS) is 14.6. The molecule has 0 aromatic heterocycles. The zero-order valence-corrected chi connectivity index (χ0v) is 67.6. The smallest absolute Gasteiger partial charge is 0.462 e. The third-order valence-corrected chi connectivity index (χ3v) is 21.4. The Balaban J connectivity index is 5.13. The van der Waals surface area contributed by atoms with Gasteiger partial charge in [0.25, 0.3) is 0 Å². The van der Waals surface area contributed by atoms with Crippen molar-refractivity contribution < 1.29 is 80.2 Å². The van der Waals surface area contributed by atoms with E-state index in [1.165, 1.54) is 205 Å². The van der Waals surface area contributed by atoms with Crippen LogP contribution in [0.3, 0.4) is 0 Å². The first kappa shape index (κ1) is 98.1. The molecule has 0 saturated heterocycles. The van der Waals surface area contributed by atoms with Crippen molar-refractivity contribution in [2.24, 2.45) is 23.7 Å². The largest absolute Gasteiger partial charge is 0.472 e. The van der Waals surface area contributed by atoms with Gasteiger partial charge in [0.15, 0.2) is 12.2 Å². The highest BCUT2D eigenvalue weighted by Crippen LogP contribution is 2.45. The Morgan fingerprint density at radius 2 is 0.480 bits per heavy atom. The fourth-order valence-electron chi connectivity index (χ4n) is 12.4. The van der Waals surface area contributed by atoms with Gasteiger partial charge in [-0.15, -0.1) is 0 Å². The molecule has 4 unspecified atom stereocenters. The minimum atomic E-state index is -4.96. The highest BCUT2D eigenvalue weighted by atomic mass is 31.2. The van der Waals surface area contributed by atoms with E-state index in [4.69, 9.17) is 37.0 Å². The maximum absolute atomic E-state index is 13.1. The summed E-state index contributed by atoms with van der Waals surface area (Å²) in [6.45, 7) is 14.2.